The number of hydrogen-bond acceptors (Lipinski definition) is 6. The van der Waals surface area contributed by atoms with Crippen LogP contribution in [-0.2, 0) is 14.3 Å². The second-order valence-electron chi connectivity index (χ2n) is 5.62. The Balaban J connectivity index is 1.71. The largest absolute Gasteiger partial charge is 0.618 e. The molecule has 9 heteroatoms. The molecule has 142 valence electrons. The van der Waals surface area contributed by atoms with E-state index >= 15 is 0 Å². The first-order valence-electron chi connectivity index (χ1n) is 8.00. The van der Waals surface area contributed by atoms with Crippen LogP contribution in [0.5, 0.6) is 0 Å². The summed E-state index contributed by atoms with van der Waals surface area (Å²) in [6.07, 6.45) is 1.31. The molecule has 8 nitrogen and oxygen atoms in total. The number of nitrogens with zero attached hydrogens (tertiary/aromatic N) is 1. The summed E-state index contributed by atoms with van der Waals surface area (Å²) in [4.78, 5) is 35.1. The standard InChI is InChI=1S/C18H19N3O5S/c1-12-6-7-14(9-13(12)2)19-18(24)20-15(22)10-26-17(23)11-27-16-5-3-4-8-21(16)25/h3-9H,10-11H2,1-2H3,(H2,19,20,22,24). The number of aromatic nitrogens is 1. The van der Waals surface area contributed by atoms with Gasteiger partial charge < -0.3 is 15.3 Å². The van der Waals surface area contributed by atoms with Crippen molar-refractivity contribution < 1.29 is 23.9 Å². The SMILES string of the molecule is Cc1ccc(NC(=O)NC(=O)COC(=O)CSc2cccc[n+]2[O-])cc1C. The number of hydrogen-bond donors (Lipinski definition) is 2. The van der Waals surface area contributed by atoms with Gasteiger partial charge in [-0.05, 0) is 54.9 Å². The molecule has 0 atom stereocenters. The van der Waals surface area contributed by atoms with E-state index in [1.54, 1.807) is 30.3 Å². The number of rotatable bonds is 6. The first kappa shape index (κ1) is 20.2. The molecule has 0 aliphatic rings. The van der Waals surface area contributed by atoms with Crippen LogP contribution in [0, 0.1) is 19.1 Å². The van der Waals surface area contributed by atoms with Crippen molar-refractivity contribution in [3.05, 3.63) is 58.9 Å². The third-order valence-corrected chi connectivity index (χ3v) is 4.50. The van der Waals surface area contributed by atoms with Gasteiger partial charge in [0.1, 0.15) is 5.75 Å². The first-order valence-corrected chi connectivity index (χ1v) is 8.98. The number of ether oxygens (including phenoxy) is 1. The van der Waals surface area contributed by atoms with Gasteiger partial charge >= 0.3 is 12.0 Å². The van der Waals surface area contributed by atoms with E-state index in [1.807, 2.05) is 19.9 Å². The Hall–Kier alpha value is -3.07. The fourth-order valence-corrected chi connectivity index (χ4v) is 2.70. The molecule has 0 saturated heterocycles. The number of esters is 1. The maximum atomic E-state index is 11.8. The van der Waals surface area contributed by atoms with E-state index in [-0.39, 0.29) is 5.75 Å². The Morgan fingerprint density at radius 3 is 2.63 bits per heavy atom. The van der Waals surface area contributed by atoms with Crippen LogP contribution in [0.4, 0.5) is 10.5 Å². The van der Waals surface area contributed by atoms with Gasteiger partial charge in [-0.15, -0.1) is 0 Å². The summed E-state index contributed by atoms with van der Waals surface area (Å²) in [5.74, 6) is -1.56. The molecule has 0 fully saturated rings. The second kappa shape index (κ2) is 9.58. The Morgan fingerprint density at radius 1 is 1.15 bits per heavy atom. The highest BCUT2D eigenvalue weighted by molar-refractivity contribution is 7.99. The molecule has 0 saturated carbocycles. The summed E-state index contributed by atoms with van der Waals surface area (Å²) in [5.41, 5.74) is 2.63. The molecule has 0 radical (unpaired) electrons. The van der Waals surface area contributed by atoms with E-state index in [1.165, 1.54) is 6.20 Å². The van der Waals surface area contributed by atoms with Crippen LogP contribution in [0.3, 0.4) is 0 Å². The number of nitrogens with one attached hydrogen (secondary N) is 2. The zero-order chi connectivity index (χ0) is 19.8. The summed E-state index contributed by atoms with van der Waals surface area (Å²) < 4.78 is 5.42. The number of pyridine rings is 1. The van der Waals surface area contributed by atoms with Gasteiger partial charge in [-0.3, -0.25) is 14.9 Å². The zero-order valence-electron chi connectivity index (χ0n) is 14.9. The van der Waals surface area contributed by atoms with Crippen molar-refractivity contribution in [3.8, 4) is 0 Å². The van der Waals surface area contributed by atoms with E-state index in [4.69, 9.17) is 4.74 Å². The molecule has 0 bridgehead atoms. The van der Waals surface area contributed by atoms with E-state index < -0.39 is 24.5 Å². The van der Waals surface area contributed by atoms with Gasteiger partial charge in [-0.25, -0.2) is 4.79 Å². The van der Waals surface area contributed by atoms with Crippen molar-refractivity contribution in [2.24, 2.45) is 0 Å². The molecule has 2 rings (SSSR count). The number of amides is 3. The molecule has 1 aromatic heterocycles. The fourth-order valence-electron chi connectivity index (χ4n) is 1.99. The predicted molar refractivity (Wildman–Crippen MR) is 100 cm³/mol. The molecule has 0 aliphatic carbocycles. The number of thioether (sulfide) groups is 1. The van der Waals surface area contributed by atoms with Gasteiger partial charge in [0, 0.05) is 17.8 Å². The highest BCUT2D eigenvalue weighted by Gasteiger charge is 2.13. The molecular weight excluding hydrogens is 370 g/mol. The zero-order valence-corrected chi connectivity index (χ0v) is 15.7. The molecule has 2 aromatic rings. The minimum Gasteiger partial charge on any atom is -0.618 e. The maximum Gasteiger partial charge on any atom is 0.325 e. The van der Waals surface area contributed by atoms with Crippen molar-refractivity contribution >= 4 is 35.4 Å². The van der Waals surface area contributed by atoms with Crippen molar-refractivity contribution in [1.82, 2.24) is 5.32 Å². The van der Waals surface area contributed by atoms with E-state index in [0.29, 0.717) is 15.4 Å². The molecule has 0 spiro atoms. The third kappa shape index (κ3) is 6.63. The number of imide groups is 1. The molecule has 3 amide bonds. The van der Waals surface area contributed by atoms with Crippen molar-refractivity contribution in [3.63, 3.8) is 0 Å². The summed E-state index contributed by atoms with van der Waals surface area (Å²) in [7, 11) is 0. The highest BCUT2D eigenvalue weighted by atomic mass is 32.2. The Labute approximate surface area is 160 Å². The minimum absolute atomic E-state index is 0.131. The van der Waals surface area contributed by atoms with Gasteiger partial charge in [0.2, 0.25) is 0 Å². The first-order chi connectivity index (χ1) is 12.8. The normalized spacial score (nSPS) is 10.1. The average Bonchev–Trinajstić information content (AvgIpc) is 2.62. The lowest BCUT2D eigenvalue weighted by atomic mass is 10.1. The monoisotopic (exact) mass is 389 g/mol. The molecule has 1 heterocycles. The van der Waals surface area contributed by atoms with Gasteiger partial charge in [0.25, 0.3) is 10.9 Å². The van der Waals surface area contributed by atoms with Crippen molar-refractivity contribution in [2.45, 2.75) is 18.9 Å². The van der Waals surface area contributed by atoms with E-state index in [9.17, 15) is 19.6 Å². The number of carbonyl (C=O) groups excluding carboxylic acids is 3. The van der Waals surface area contributed by atoms with Gasteiger partial charge in [0.05, 0.1) is 0 Å². The second-order valence-corrected chi connectivity index (χ2v) is 6.61. The van der Waals surface area contributed by atoms with Gasteiger partial charge in [0.15, 0.2) is 12.8 Å². The Bertz CT molecular complexity index is 857. The lowest BCUT2D eigenvalue weighted by Crippen LogP contribution is -2.37. The van der Waals surface area contributed by atoms with E-state index in [0.717, 1.165) is 22.9 Å². The van der Waals surface area contributed by atoms with Crippen LogP contribution < -0.4 is 15.4 Å². The lowest BCUT2D eigenvalue weighted by Gasteiger charge is -2.09. The lowest BCUT2D eigenvalue weighted by molar-refractivity contribution is -0.645. The fraction of sp³-hybridized carbons (Fsp3) is 0.222. The smallest absolute Gasteiger partial charge is 0.325 e. The highest BCUT2D eigenvalue weighted by Crippen LogP contribution is 2.14. The molecular formula is C18H19N3O5S. The molecule has 0 aliphatic heterocycles. The summed E-state index contributed by atoms with van der Waals surface area (Å²) in [6, 6.07) is 9.44. The summed E-state index contributed by atoms with van der Waals surface area (Å²) >= 11 is 0.990. The van der Waals surface area contributed by atoms with E-state index in [2.05, 4.69) is 10.6 Å². The van der Waals surface area contributed by atoms with Crippen LogP contribution >= 0.6 is 11.8 Å². The van der Waals surface area contributed by atoms with Crippen LogP contribution in [0.15, 0.2) is 47.6 Å². The predicted octanol–water partition coefficient (Wildman–Crippen LogP) is 1.92. The summed E-state index contributed by atoms with van der Waals surface area (Å²) in [6.45, 7) is 3.26. The topological polar surface area (TPSA) is 111 Å². The molecule has 2 N–H and O–H groups in total. The number of carbonyl (C=O) groups is 3. The third-order valence-electron chi connectivity index (χ3n) is 3.51. The van der Waals surface area contributed by atoms with Crippen molar-refractivity contribution in [1.29, 1.82) is 0 Å². The maximum absolute atomic E-state index is 11.8. The van der Waals surface area contributed by atoms with Gasteiger partial charge in [-0.2, -0.15) is 4.73 Å². The van der Waals surface area contributed by atoms with Crippen LogP contribution in [0.2, 0.25) is 0 Å². The number of urea groups is 1. The Morgan fingerprint density at radius 2 is 1.93 bits per heavy atom. The number of benzene rings is 1. The molecule has 27 heavy (non-hydrogen) atoms. The van der Waals surface area contributed by atoms with Crippen molar-refractivity contribution in [2.75, 3.05) is 17.7 Å². The summed E-state index contributed by atoms with van der Waals surface area (Å²) in [5, 5.41) is 16.4. The molecule has 0 unspecified atom stereocenters. The number of aryl methyl sites for hydroxylation is 2. The van der Waals surface area contributed by atoms with Crippen LogP contribution in [0.1, 0.15) is 11.1 Å². The minimum atomic E-state index is -0.756. The molecule has 1 aromatic carbocycles. The Kier molecular flexibility index (Phi) is 7.18. The van der Waals surface area contributed by atoms with Crippen LogP contribution in [-0.4, -0.2) is 30.3 Å². The quantitative estimate of drug-likeness (QED) is 0.338. The van der Waals surface area contributed by atoms with Crippen LogP contribution in [0.25, 0.3) is 0 Å². The number of anilines is 1. The average molecular weight is 389 g/mol. The van der Waals surface area contributed by atoms with Gasteiger partial charge in [-0.1, -0.05) is 6.07 Å².